The highest BCUT2D eigenvalue weighted by molar-refractivity contribution is 5.68. The molecule has 0 radical (unpaired) electrons. The predicted molar refractivity (Wildman–Crippen MR) is 101 cm³/mol. The highest BCUT2D eigenvalue weighted by Gasteiger charge is 2.32. The Balaban J connectivity index is 1.69. The first kappa shape index (κ1) is 19.8. The van der Waals surface area contributed by atoms with E-state index in [1.54, 1.807) is 17.0 Å². The number of anilines is 2. The lowest BCUT2D eigenvalue weighted by molar-refractivity contribution is -0.0356. The highest BCUT2D eigenvalue weighted by Crippen LogP contribution is 2.24. The number of hydrogen-bond donors (Lipinski definition) is 1. The molecule has 9 heteroatoms. The fraction of sp³-hybridized carbons (Fsp3) is 0.474. The second-order valence-electron chi connectivity index (χ2n) is 7.48. The van der Waals surface area contributed by atoms with E-state index in [-0.39, 0.29) is 0 Å². The Bertz CT molecular complexity index is 810. The van der Waals surface area contributed by atoms with Crippen molar-refractivity contribution in [3.8, 4) is 5.88 Å². The number of hydrogen-bond acceptors (Lipinski definition) is 7. The van der Waals surface area contributed by atoms with Crippen molar-refractivity contribution in [3.63, 3.8) is 0 Å². The second-order valence-corrected chi connectivity index (χ2v) is 7.48. The summed E-state index contributed by atoms with van der Waals surface area (Å²) in [5.41, 5.74) is 0.00738. The molecule has 28 heavy (non-hydrogen) atoms. The van der Waals surface area contributed by atoms with Crippen LogP contribution in [0.3, 0.4) is 0 Å². The molecule has 150 valence electrons. The minimum Gasteiger partial charge on any atom is -0.453 e. The highest BCUT2D eigenvalue weighted by atomic mass is 19.1. The van der Waals surface area contributed by atoms with E-state index in [1.165, 1.54) is 18.6 Å². The van der Waals surface area contributed by atoms with Gasteiger partial charge in [-0.3, -0.25) is 4.90 Å². The summed E-state index contributed by atoms with van der Waals surface area (Å²) < 4.78 is 24.4. The molecule has 0 bridgehead atoms. The van der Waals surface area contributed by atoms with Gasteiger partial charge in [0.15, 0.2) is 6.23 Å². The number of likely N-dealkylation sites (tertiary alicyclic amines) is 1. The minimum absolute atomic E-state index is 0.327. The zero-order valence-electron chi connectivity index (χ0n) is 16.2. The van der Waals surface area contributed by atoms with Crippen LogP contribution in [0.15, 0.2) is 30.7 Å². The monoisotopic (exact) mass is 389 g/mol. The van der Waals surface area contributed by atoms with E-state index in [2.05, 4.69) is 20.3 Å². The molecule has 1 aliphatic rings. The van der Waals surface area contributed by atoms with Gasteiger partial charge in [-0.25, -0.2) is 19.7 Å². The Morgan fingerprint density at radius 3 is 2.79 bits per heavy atom. The smallest absolute Gasteiger partial charge is 0.413 e. The van der Waals surface area contributed by atoms with Crippen molar-refractivity contribution in [1.82, 2.24) is 19.9 Å². The summed E-state index contributed by atoms with van der Waals surface area (Å²) in [7, 11) is 0. The lowest BCUT2D eigenvalue weighted by atomic mass is 10.1. The van der Waals surface area contributed by atoms with Crippen LogP contribution in [0.1, 0.15) is 40.0 Å². The number of carbonyl (C=O) groups excluding carboxylic acids is 1. The van der Waals surface area contributed by atoms with Crippen molar-refractivity contribution in [3.05, 3.63) is 36.7 Å². The Morgan fingerprint density at radius 2 is 2.07 bits per heavy atom. The number of ether oxygens (including phenoxy) is 2. The van der Waals surface area contributed by atoms with Crippen molar-refractivity contribution in [2.75, 3.05) is 11.9 Å². The second kappa shape index (κ2) is 8.37. The molecule has 0 aliphatic carbocycles. The zero-order valence-corrected chi connectivity index (χ0v) is 16.2. The van der Waals surface area contributed by atoms with Crippen LogP contribution in [0.25, 0.3) is 0 Å². The lowest BCUT2D eigenvalue weighted by Gasteiger charge is -2.36. The van der Waals surface area contributed by atoms with Gasteiger partial charge in [-0.15, -0.1) is 0 Å². The third-order valence-corrected chi connectivity index (χ3v) is 3.97. The molecule has 1 N–H and O–H groups in total. The standard InChI is InChI=1S/C19H24FN5O3/c1-19(2,3)28-18(26)25-9-5-4-6-17(25)27-16-10-15(22-12-23-16)24-13-7-8-14(20)21-11-13/h7-8,10-12,17H,4-6,9H2,1-3H3,(H,22,23,24). The van der Waals surface area contributed by atoms with Crippen LogP contribution in [0.4, 0.5) is 20.7 Å². The zero-order chi connectivity index (χ0) is 20.1. The predicted octanol–water partition coefficient (Wildman–Crippen LogP) is 3.88. The topological polar surface area (TPSA) is 89.5 Å². The van der Waals surface area contributed by atoms with Crippen molar-refractivity contribution in [2.24, 2.45) is 0 Å². The third-order valence-electron chi connectivity index (χ3n) is 3.97. The van der Waals surface area contributed by atoms with Gasteiger partial charge in [-0.05, 0) is 45.7 Å². The van der Waals surface area contributed by atoms with Gasteiger partial charge in [0, 0.05) is 19.0 Å². The molecule has 1 saturated heterocycles. The first-order chi connectivity index (χ1) is 13.3. The number of nitrogens with zero attached hydrogens (tertiary/aromatic N) is 4. The SMILES string of the molecule is CC(C)(C)OC(=O)N1CCCCC1Oc1cc(Nc2ccc(F)nc2)ncn1. The summed E-state index contributed by atoms with van der Waals surface area (Å²) in [6.07, 6.45) is 4.39. The van der Waals surface area contributed by atoms with Gasteiger partial charge in [-0.2, -0.15) is 4.39 Å². The van der Waals surface area contributed by atoms with Gasteiger partial charge < -0.3 is 14.8 Å². The van der Waals surface area contributed by atoms with Gasteiger partial charge in [-0.1, -0.05) is 0 Å². The number of halogens is 1. The fourth-order valence-electron chi connectivity index (χ4n) is 2.76. The third kappa shape index (κ3) is 5.51. The van der Waals surface area contributed by atoms with E-state index >= 15 is 0 Å². The maximum absolute atomic E-state index is 12.9. The largest absolute Gasteiger partial charge is 0.453 e. The van der Waals surface area contributed by atoms with Crippen molar-refractivity contribution in [2.45, 2.75) is 51.9 Å². The molecule has 0 saturated carbocycles. The van der Waals surface area contributed by atoms with Crippen LogP contribution in [0.2, 0.25) is 0 Å². The Kier molecular flexibility index (Phi) is 5.91. The number of rotatable bonds is 4. The van der Waals surface area contributed by atoms with Crippen LogP contribution in [-0.4, -0.2) is 44.3 Å². The molecule has 1 aliphatic heterocycles. The average molecular weight is 389 g/mol. The van der Waals surface area contributed by atoms with Crippen LogP contribution >= 0.6 is 0 Å². The molecule has 1 unspecified atom stereocenters. The van der Waals surface area contributed by atoms with Crippen LogP contribution < -0.4 is 10.1 Å². The Labute approximate surface area is 163 Å². The molecule has 3 heterocycles. The molecular weight excluding hydrogens is 365 g/mol. The van der Waals surface area contributed by atoms with Crippen LogP contribution in [0, 0.1) is 5.95 Å². The molecule has 2 aromatic heterocycles. The van der Waals surface area contributed by atoms with E-state index in [0.29, 0.717) is 30.4 Å². The molecule has 0 spiro atoms. The molecular formula is C19H24FN5O3. The summed E-state index contributed by atoms with van der Waals surface area (Å²) in [4.78, 5) is 25.9. The van der Waals surface area contributed by atoms with Crippen LogP contribution in [0.5, 0.6) is 5.88 Å². The number of carbonyl (C=O) groups is 1. The number of pyridine rings is 1. The van der Waals surface area contributed by atoms with Gasteiger partial charge in [0.05, 0.1) is 11.9 Å². The molecule has 1 fully saturated rings. The first-order valence-corrected chi connectivity index (χ1v) is 9.17. The molecule has 3 rings (SSSR count). The minimum atomic E-state index is -0.575. The molecule has 1 atom stereocenters. The summed E-state index contributed by atoms with van der Waals surface area (Å²) in [6, 6.07) is 4.42. The number of amides is 1. The summed E-state index contributed by atoms with van der Waals surface area (Å²) in [5, 5.41) is 3.01. The van der Waals surface area contributed by atoms with Gasteiger partial charge in [0.25, 0.3) is 0 Å². The normalized spacial score (nSPS) is 17.1. The van der Waals surface area contributed by atoms with E-state index in [4.69, 9.17) is 9.47 Å². The summed E-state index contributed by atoms with van der Waals surface area (Å²) in [5.74, 6) is 0.239. The van der Waals surface area contributed by atoms with Crippen LogP contribution in [-0.2, 0) is 4.74 Å². The average Bonchev–Trinajstić information content (AvgIpc) is 2.63. The Hall–Kier alpha value is -2.97. The number of nitrogens with one attached hydrogen (secondary N) is 1. The maximum Gasteiger partial charge on any atom is 0.413 e. The molecule has 1 amide bonds. The number of piperidine rings is 1. The Morgan fingerprint density at radius 1 is 1.25 bits per heavy atom. The first-order valence-electron chi connectivity index (χ1n) is 9.17. The van der Waals surface area contributed by atoms with E-state index in [0.717, 1.165) is 12.8 Å². The number of aromatic nitrogens is 3. The molecule has 0 aromatic carbocycles. The van der Waals surface area contributed by atoms with Crippen molar-refractivity contribution in [1.29, 1.82) is 0 Å². The quantitative estimate of drug-likeness (QED) is 0.794. The van der Waals surface area contributed by atoms with E-state index in [9.17, 15) is 9.18 Å². The van der Waals surface area contributed by atoms with Gasteiger partial charge in [0.1, 0.15) is 17.7 Å². The van der Waals surface area contributed by atoms with E-state index in [1.807, 2.05) is 20.8 Å². The fourth-order valence-corrected chi connectivity index (χ4v) is 2.76. The summed E-state index contributed by atoms with van der Waals surface area (Å²) in [6.45, 7) is 6.06. The molecule has 8 nitrogen and oxygen atoms in total. The van der Waals surface area contributed by atoms with Crippen molar-refractivity contribution >= 4 is 17.6 Å². The summed E-state index contributed by atoms with van der Waals surface area (Å²) >= 11 is 0. The van der Waals surface area contributed by atoms with E-state index < -0.39 is 23.9 Å². The maximum atomic E-state index is 12.9. The van der Waals surface area contributed by atoms with Crippen molar-refractivity contribution < 1.29 is 18.7 Å². The molecule has 2 aromatic rings. The van der Waals surface area contributed by atoms with Gasteiger partial charge in [0.2, 0.25) is 11.8 Å². The lowest BCUT2D eigenvalue weighted by Crippen LogP contribution is -2.48. The van der Waals surface area contributed by atoms with Gasteiger partial charge >= 0.3 is 6.09 Å².